The molecule has 0 atom stereocenters. The van der Waals surface area contributed by atoms with Gasteiger partial charge < -0.3 is 10.2 Å². The van der Waals surface area contributed by atoms with Crippen LogP contribution in [-0.4, -0.2) is 23.6 Å². The highest BCUT2D eigenvalue weighted by Gasteiger charge is 2.17. The highest BCUT2D eigenvalue weighted by molar-refractivity contribution is 6.36. The van der Waals surface area contributed by atoms with Crippen molar-refractivity contribution < 1.29 is 9.63 Å². The number of amides is 1. The van der Waals surface area contributed by atoms with E-state index in [0.717, 1.165) is 0 Å². The molecular formula is C16H12Cl4N2O2. The third-order valence-electron chi connectivity index (χ3n) is 2.97. The Morgan fingerprint density at radius 2 is 1.83 bits per heavy atom. The topological polar surface area (TPSA) is 50.7 Å². The molecule has 0 radical (unpaired) electrons. The van der Waals surface area contributed by atoms with Gasteiger partial charge >= 0.3 is 0 Å². The molecule has 2 rings (SSSR count). The number of carbonyl (C=O) groups is 1. The third-order valence-corrected chi connectivity index (χ3v) is 3.87. The Morgan fingerprint density at radius 1 is 1.08 bits per heavy atom. The number of anilines is 1. The molecule has 4 nitrogen and oxygen atoms in total. The normalized spacial score (nSPS) is 11.2. The zero-order chi connectivity index (χ0) is 17.5. The van der Waals surface area contributed by atoms with Gasteiger partial charge in [-0.15, -0.1) is 11.6 Å². The van der Waals surface area contributed by atoms with Crippen LogP contribution in [0.25, 0.3) is 0 Å². The SMILES string of the molecule is O=C(CCl)Nc1ccc(Cl)cc1/C(=N/OCCl)c1ccccc1Cl. The van der Waals surface area contributed by atoms with Crippen LogP contribution in [0.2, 0.25) is 10.0 Å². The molecule has 0 saturated heterocycles. The molecule has 0 spiro atoms. The van der Waals surface area contributed by atoms with E-state index >= 15 is 0 Å². The van der Waals surface area contributed by atoms with E-state index in [2.05, 4.69) is 10.5 Å². The van der Waals surface area contributed by atoms with Crippen LogP contribution in [-0.2, 0) is 9.63 Å². The zero-order valence-corrected chi connectivity index (χ0v) is 15.3. The maximum Gasteiger partial charge on any atom is 0.239 e. The Balaban J connectivity index is 2.60. The van der Waals surface area contributed by atoms with Gasteiger partial charge in [-0.25, -0.2) is 0 Å². The van der Waals surface area contributed by atoms with Crippen molar-refractivity contribution in [1.82, 2.24) is 0 Å². The number of halogens is 4. The number of carbonyl (C=O) groups excluding carboxylic acids is 1. The van der Waals surface area contributed by atoms with Gasteiger partial charge in [-0.1, -0.05) is 58.2 Å². The summed E-state index contributed by atoms with van der Waals surface area (Å²) in [6.07, 6.45) is 0. The standard InChI is InChI=1S/C16H12Cl4N2O2/c17-8-15(23)21-14-6-5-10(19)7-12(14)16(22-24-9-18)11-3-1-2-4-13(11)20/h1-7H,8-9H2,(H,21,23)/b22-16+. The average molecular weight is 406 g/mol. The summed E-state index contributed by atoms with van der Waals surface area (Å²) in [7, 11) is 0. The average Bonchev–Trinajstić information content (AvgIpc) is 2.58. The molecule has 0 aliphatic carbocycles. The molecule has 0 fully saturated rings. The highest BCUT2D eigenvalue weighted by atomic mass is 35.5. The summed E-state index contributed by atoms with van der Waals surface area (Å²) < 4.78 is 0. The Morgan fingerprint density at radius 3 is 2.50 bits per heavy atom. The Bertz CT molecular complexity index is 765. The van der Waals surface area contributed by atoms with Gasteiger partial charge in [-0.2, -0.15) is 0 Å². The predicted octanol–water partition coefficient (Wildman–Crippen LogP) is 5.14. The summed E-state index contributed by atoms with van der Waals surface area (Å²) in [4.78, 5) is 16.7. The van der Waals surface area contributed by atoms with Crippen molar-refractivity contribution in [3.05, 3.63) is 63.6 Å². The lowest BCUT2D eigenvalue weighted by Gasteiger charge is -2.14. The number of nitrogens with zero attached hydrogens (tertiary/aromatic N) is 1. The summed E-state index contributed by atoms with van der Waals surface area (Å²) in [5, 5.41) is 7.65. The molecule has 0 bridgehead atoms. The van der Waals surface area contributed by atoms with Gasteiger partial charge in [-0.05, 0) is 24.3 Å². The number of nitrogens with one attached hydrogen (secondary N) is 1. The highest BCUT2D eigenvalue weighted by Crippen LogP contribution is 2.27. The zero-order valence-electron chi connectivity index (χ0n) is 12.2. The number of hydrogen-bond donors (Lipinski definition) is 1. The van der Waals surface area contributed by atoms with Crippen LogP contribution in [0.4, 0.5) is 5.69 Å². The summed E-state index contributed by atoms with van der Waals surface area (Å²) >= 11 is 23.5. The van der Waals surface area contributed by atoms with Crippen LogP contribution in [0.5, 0.6) is 0 Å². The third kappa shape index (κ3) is 4.77. The van der Waals surface area contributed by atoms with Crippen LogP contribution in [0, 0.1) is 0 Å². The van der Waals surface area contributed by atoms with E-state index in [0.29, 0.717) is 32.6 Å². The van der Waals surface area contributed by atoms with Gasteiger partial charge in [0.2, 0.25) is 5.91 Å². The van der Waals surface area contributed by atoms with Crippen molar-refractivity contribution in [3.63, 3.8) is 0 Å². The lowest BCUT2D eigenvalue weighted by Crippen LogP contribution is -2.16. The molecular weight excluding hydrogens is 394 g/mol. The first-order chi connectivity index (χ1) is 11.6. The minimum Gasteiger partial charge on any atom is -0.379 e. The lowest BCUT2D eigenvalue weighted by molar-refractivity contribution is -0.113. The van der Waals surface area contributed by atoms with Crippen molar-refractivity contribution in [2.45, 2.75) is 0 Å². The molecule has 0 unspecified atom stereocenters. The predicted molar refractivity (Wildman–Crippen MR) is 99.7 cm³/mol. The van der Waals surface area contributed by atoms with Crippen LogP contribution >= 0.6 is 46.4 Å². The quantitative estimate of drug-likeness (QED) is 0.411. The maximum atomic E-state index is 11.7. The molecule has 0 aromatic heterocycles. The summed E-state index contributed by atoms with van der Waals surface area (Å²) in [6, 6.07) is 11.9. The fourth-order valence-electron chi connectivity index (χ4n) is 1.99. The molecule has 1 N–H and O–H groups in total. The minimum atomic E-state index is -0.364. The molecule has 0 saturated carbocycles. The molecule has 0 aliphatic rings. The van der Waals surface area contributed by atoms with Gasteiger partial charge in [0.05, 0.1) is 10.7 Å². The maximum absolute atomic E-state index is 11.7. The van der Waals surface area contributed by atoms with Crippen LogP contribution < -0.4 is 5.32 Å². The molecule has 8 heteroatoms. The van der Waals surface area contributed by atoms with Gasteiger partial charge in [-0.3, -0.25) is 4.79 Å². The molecule has 24 heavy (non-hydrogen) atoms. The van der Waals surface area contributed by atoms with E-state index in [1.807, 2.05) is 0 Å². The smallest absolute Gasteiger partial charge is 0.239 e. The summed E-state index contributed by atoms with van der Waals surface area (Å²) in [5.74, 6) is -0.546. The molecule has 1 amide bonds. The van der Waals surface area contributed by atoms with Gasteiger partial charge in [0, 0.05) is 16.1 Å². The van der Waals surface area contributed by atoms with E-state index in [1.165, 1.54) is 0 Å². The largest absolute Gasteiger partial charge is 0.379 e. The van der Waals surface area contributed by atoms with Crippen molar-refractivity contribution >= 4 is 63.7 Å². The Kier molecular flexibility index (Phi) is 7.18. The van der Waals surface area contributed by atoms with E-state index in [9.17, 15) is 4.79 Å². The first kappa shape index (κ1) is 18.9. The second kappa shape index (κ2) is 9.14. The van der Waals surface area contributed by atoms with Crippen molar-refractivity contribution in [3.8, 4) is 0 Å². The number of oxime groups is 1. The lowest BCUT2D eigenvalue weighted by atomic mass is 10.0. The minimum absolute atomic E-state index is 0.141. The van der Waals surface area contributed by atoms with Crippen LogP contribution in [0.3, 0.4) is 0 Å². The number of alkyl halides is 2. The van der Waals surface area contributed by atoms with Gasteiger partial charge in [0.25, 0.3) is 0 Å². The van der Waals surface area contributed by atoms with Crippen molar-refractivity contribution in [1.29, 1.82) is 0 Å². The number of hydrogen-bond acceptors (Lipinski definition) is 3. The second-order valence-electron chi connectivity index (χ2n) is 4.53. The molecule has 2 aromatic carbocycles. The Labute approximate surface area is 159 Å². The van der Waals surface area contributed by atoms with Crippen molar-refractivity contribution in [2.75, 3.05) is 17.3 Å². The monoisotopic (exact) mass is 404 g/mol. The molecule has 2 aromatic rings. The molecule has 126 valence electrons. The van der Waals surface area contributed by atoms with Crippen LogP contribution in [0.1, 0.15) is 11.1 Å². The van der Waals surface area contributed by atoms with Crippen molar-refractivity contribution in [2.24, 2.45) is 5.16 Å². The van der Waals surface area contributed by atoms with Gasteiger partial charge in [0.15, 0.2) is 6.07 Å². The summed E-state index contributed by atoms with van der Waals surface area (Å²) in [5.41, 5.74) is 1.99. The van der Waals surface area contributed by atoms with Crippen LogP contribution in [0.15, 0.2) is 47.6 Å². The Hall–Kier alpha value is -1.46. The van der Waals surface area contributed by atoms with E-state index in [-0.39, 0.29) is 17.9 Å². The van der Waals surface area contributed by atoms with E-state index < -0.39 is 0 Å². The molecule has 0 heterocycles. The molecule has 0 aliphatic heterocycles. The summed E-state index contributed by atoms with van der Waals surface area (Å²) in [6.45, 7) is 0. The fourth-order valence-corrected chi connectivity index (χ4v) is 2.50. The van der Waals surface area contributed by atoms with E-state index in [1.54, 1.807) is 42.5 Å². The second-order valence-corrected chi connectivity index (χ2v) is 5.86. The number of rotatable bonds is 6. The fraction of sp³-hybridized carbons (Fsp3) is 0.125. The van der Waals surface area contributed by atoms with Gasteiger partial charge in [0.1, 0.15) is 11.6 Å². The van der Waals surface area contributed by atoms with E-state index in [4.69, 9.17) is 51.2 Å². The number of benzene rings is 2. The first-order valence-electron chi connectivity index (χ1n) is 6.73. The first-order valence-corrected chi connectivity index (χ1v) is 8.56.